The minimum atomic E-state index is -0.438. The molecule has 0 fully saturated rings. The normalized spacial score (nSPS) is 11.0. The lowest BCUT2D eigenvalue weighted by atomic mass is 10.2. The number of esters is 1. The highest BCUT2D eigenvalue weighted by Gasteiger charge is 2.25. The number of nitrogen functional groups attached to an aromatic ring is 1. The number of thiazole rings is 1. The lowest BCUT2D eigenvalue weighted by Gasteiger charge is -2.06. The third-order valence-corrected chi connectivity index (χ3v) is 6.79. The number of nitrogens with zero attached hydrogens (tertiary/aromatic N) is 1. The average molecular weight is 462 g/mol. The number of carbonyl (C=O) groups is 1. The molecule has 3 N–H and O–H groups in total. The molecule has 0 spiro atoms. The number of thiophene rings is 1. The number of furan rings is 1. The van der Waals surface area contributed by atoms with Crippen molar-refractivity contribution in [1.82, 2.24) is 4.98 Å². The van der Waals surface area contributed by atoms with Crippen LogP contribution in [0.25, 0.3) is 33.0 Å². The summed E-state index contributed by atoms with van der Waals surface area (Å²) < 4.78 is 11.2. The number of carbonyl (C=O) groups excluding carboxylic acids is 1. The van der Waals surface area contributed by atoms with E-state index >= 15 is 0 Å². The van der Waals surface area contributed by atoms with E-state index in [9.17, 15) is 4.79 Å². The van der Waals surface area contributed by atoms with Gasteiger partial charge in [0.15, 0.2) is 5.76 Å². The van der Waals surface area contributed by atoms with Gasteiger partial charge in [-0.3, -0.25) is 0 Å². The van der Waals surface area contributed by atoms with Gasteiger partial charge in [0.25, 0.3) is 0 Å². The Balaban J connectivity index is 1.58. The number of hydrogen-bond acceptors (Lipinski definition) is 8. The lowest BCUT2D eigenvalue weighted by molar-refractivity contribution is 0.0533. The molecule has 8 heteroatoms. The summed E-state index contributed by atoms with van der Waals surface area (Å²) in [6.07, 6.45) is 0. The zero-order valence-electron chi connectivity index (χ0n) is 17.1. The van der Waals surface area contributed by atoms with Crippen LogP contribution in [0.1, 0.15) is 16.6 Å². The van der Waals surface area contributed by atoms with Gasteiger partial charge in [0.1, 0.15) is 26.2 Å². The second-order valence-corrected chi connectivity index (χ2v) is 8.83. The van der Waals surface area contributed by atoms with Gasteiger partial charge in [-0.15, -0.1) is 22.7 Å². The minimum absolute atomic E-state index is 0.278. The summed E-state index contributed by atoms with van der Waals surface area (Å²) in [4.78, 5) is 17.6. The lowest BCUT2D eigenvalue weighted by Crippen LogP contribution is -2.05. The Kier molecular flexibility index (Phi) is 5.38. The molecule has 0 saturated heterocycles. The van der Waals surface area contributed by atoms with Crippen LogP contribution in [-0.4, -0.2) is 17.6 Å². The first-order chi connectivity index (χ1) is 15.6. The van der Waals surface area contributed by atoms with E-state index in [2.05, 4.69) is 5.32 Å². The summed E-state index contributed by atoms with van der Waals surface area (Å²) >= 11 is 2.71. The maximum atomic E-state index is 12.5. The minimum Gasteiger partial charge on any atom is -0.462 e. The number of nitrogens with two attached hydrogens (primary N) is 1. The molecule has 0 unspecified atom stereocenters. The predicted octanol–water partition coefficient (Wildman–Crippen LogP) is 6.79. The van der Waals surface area contributed by atoms with Crippen LogP contribution in [0.4, 0.5) is 16.4 Å². The predicted molar refractivity (Wildman–Crippen MR) is 131 cm³/mol. The quantitative estimate of drug-likeness (QED) is 0.271. The van der Waals surface area contributed by atoms with Gasteiger partial charge < -0.3 is 20.2 Å². The van der Waals surface area contributed by atoms with Crippen LogP contribution in [0.5, 0.6) is 0 Å². The zero-order valence-corrected chi connectivity index (χ0v) is 18.8. The van der Waals surface area contributed by atoms with E-state index in [1.54, 1.807) is 6.92 Å². The molecule has 0 aliphatic heterocycles. The number of nitrogens with one attached hydrogen (secondary N) is 1. The van der Waals surface area contributed by atoms with Gasteiger partial charge in [-0.2, -0.15) is 0 Å². The number of para-hydroxylation sites is 2. The number of benzene rings is 2. The zero-order chi connectivity index (χ0) is 22.1. The molecule has 0 atom stereocenters. The Morgan fingerprint density at radius 2 is 1.94 bits per heavy atom. The summed E-state index contributed by atoms with van der Waals surface area (Å²) in [7, 11) is 0. The third-order valence-electron chi connectivity index (χ3n) is 4.83. The van der Waals surface area contributed by atoms with E-state index in [-0.39, 0.29) is 6.61 Å². The van der Waals surface area contributed by atoms with Gasteiger partial charge in [0, 0.05) is 16.5 Å². The van der Waals surface area contributed by atoms with E-state index in [4.69, 9.17) is 19.9 Å². The first-order valence-corrected chi connectivity index (χ1v) is 11.7. The molecular formula is C24H19N3O3S2. The van der Waals surface area contributed by atoms with Gasteiger partial charge >= 0.3 is 5.97 Å². The maximum Gasteiger partial charge on any atom is 0.350 e. The molecule has 3 aromatic heterocycles. The first kappa shape index (κ1) is 20.3. The Morgan fingerprint density at radius 1 is 1.16 bits per heavy atom. The van der Waals surface area contributed by atoms with Gasteiger partial charge in [-0.25, -0.2) is 9.78 Å². The molecule has 6 nitrogen and oxygen atoms in total. The molecule has 0 bridgehead atoms. The number of anilines is 3. The molecule has 0 amide bonds. The molecule has 3 heterocycles. The van der Waals surface area contributed by atoms with Crippen LogP contribution in [-0.2, 0) is 4.74 Å². The second kappa shape index (κ2) is 8.49. The van der Waals surface area contributed by atoms with Crippen molar-refractivity contribution < 1.29 is 13.9 Å². The molecule has 0 saturated carbocycles. The van der Waals surface area contributed by atoms with Crippen LogP contribution < -0.4 is 11.1 Å². The van der Waals surface area contributed by atoms with E-state index in [1.807, 2.05) is 66.0 Å². The van der Waals surface area contributed by atoms with Crippen LogP contribution in [0, 0.1) is 0 Å². The summed E-state index contributed by atoms with van der Waals surface area (Å²) in [5, 5.41) is 7.76. The number of hydrogen-bond donors (Lipinski definition) is 2. The van der Waals surface area contributed by atoms with Gasteiger partial charge in [-0.1, -0.05) is 36.4 Å². The standard InChI is InChI=1S/C24H19N3O3S2/c1-2-29-24(28)21-20(25)19(23(32-21)26-15-9-4-3-5-10-15)22-27-16(13-31-22)18-12-14-8-6-7-11-17(14)30-18/h3-13,26H,2,25H2,1H3. The molecule has 0 aliphatic carbocycles. The van der Waals surface area contributed by atoms with Crippen molar-refractivity contribution in [1.29, 1.82) is 0 Å². The summed E-state index contributed by atoms with van der Waals surface area (Å²) in [5.41, 5.74) is 9.91. The number of ether oxygens (including phenoxy) is 1. The smallest absolute Gasteiger partial charge is 0.350 e. The molecule has 5 rings (SSSR count). The molecule has 32 heavy (non-hydrogen) atoms. The van der Waals surface area contributed by atoms with Crippen molar-refractivity contribution in [2.45, 2.75) is 6.92 Å². The van der Waals surface area contributed by atoms with Gasteiger partial charge in [-0.05, 0) is 31.2 Å². The summed E-state index contributed by atoms with van der Waals surface area (Å²) in [5.74, 6) is 0.247. The van der Waals surface area contributed by atoms with Gasteiger partial charge in [0.05, 0.1) is 17.9 Å². The van der Waals surface area contributed by atoms with Crippen LogP contribution in [0.3, 0.4) is 0 Å². The number of fused-ring (bicyclic) bond motifs is 1. The van der Waals surface area contributed by atoms with Gasteiger partial charge in [0.2, 0.25) is 0 Å². The van der Waals surface area contributed by atoms with E-state index in [0.29, 0.717) is 26.9 Å². The number of aromatic nitrogens is 1. The van der Waals surface area contributed by atoms with Crippen molar-refractivity contribution in [2.75, 3.05) is 17.7 Å². The van der Waals surface area contributed by atoms with E-state index in [1.165, 1.54) is 22.7 Å². The monoisotopic (exact) mass is 461 g/mol. The molecule has 5 aromatic rings. The van der Waals surface area contributed by atoms with Crippen molar-refractivity contribution in [3.05, 3.63) is 70.9 Å². The topological polar surface area (TPSA) is 90.4 Å². The van der Waals surface area contributed by atoms with Crippen LogP contribution in [0.15, 0.2) is 70.5 Å². The third kappa shape index (κ3) is 3.74. The Morgan fingerprint density at radius 3 is 2.72 bits per heavy atom. The van der Waals surface area contributed by atoms with Crippen molar-refractivity contribution in [3.63, 3.8) is 0 Å². The van der Waals surface area contributed by atoms with Crippen molar-refractivity contribution >= 4 is 56.0 Å². The fourth-order valence-electron chi connectivity index (χ4n) is 3.35. The van der Waals surface area contributed by atoms with E-state index < -0.39 is 5.97 Å². The van der Waals surface area contributed by atoms with Crippen LogP contribution >= 0.6 is 22.7 Å². The highest BCUT2D eigenvalue weighted by molar-refractivity contribution is 7.20. The fraction of sp³-hybridized carbons (Fsp3) is 0.0833. The largest absolute Gasteiger partial charge is 0.462 e. The Labute approximate surface area is 192 Å². The fourth-order valence-corrected chi connectivity index (χ4v) is 5.33. The summed E-state index contributed by atoms with van der Waals surface area (Å²) in [6.45, 7) is 2.05. The highest BCUT2D eigenvalue weighted by Crippen LogP contribution is 2.46. The molecule has 0 aliphatic rings. The maximum absolute atomic E-state index is 12.5. The second-order valence-electron chi connectivity index (χ2n) is 6.95. The molecule has 0 radical (unpaired) electrons. The number of rotatable bonds is 6. The SMILES string of the molecule is CCOC(=O)c1sc(Nc2ccccc2)c(-c2nc(-c3cc4ccccc4o3)cs2)c1N. The first-order valence-electron chi connectivity index (χ1n) is 10.0. The summed E-state index contributed by atoms with van der Waals surface area (Å²) in [6, 6.07) is 19.5. The Hall–Kier alpha value is -3.62. The highest BCUT2D eigenvalue weighted by atomic mass is 32.1. The van der Waals surface area contributed by atoms with Crippen molar-refractivity contribution in [2.24, 2.45) is 0 Å². The van der Waals surface area contributed by atoms with E-state index in [0.717, 1.165) is 27.4 Å². The Bertz CT molecular complexity index is 1370. The molecule has 2 aromatic carbocycles. The molecular weight excluding hydrogens is 442 g/mol. The molecule has 160 valence electrons. The van der Waals surface area contributed by atoms with Crippen LogP contribution in [0.2, 0.25) is 0 Å². The van der Waals surface area contributed by atoms with Crippen molar-refractivity contribution in [3.8, 4) is 22.0 Å². The average Bonchev–Trinajstić information content (AvgIpc) is 3.51.